The number of aromatic amines is 1. The first-order valence-corrected chi connectivity index (χ1v) is 6.24. The number of H-pyrrole nitrogens is 1. The van der Waals surface area contributed by atoms with Gasteiger partial charge in [0.15, 0.2) is 0 Å². The van der Waals surface area contributed by atoms with Crippen LogP contribution in [0.3, 0.4) is 0 Å². The van der Waals surface area contributed by atoms with Crippen molar-refractivity contribution >= 4 is 22.4 Å². The van der Waals surface area contributed by atoms with Gasteiger partial charge in [-0.2, -0.15) is 0 Å². The minimum absolute atomic E-state index is 0.843. The van der Waals surface area contributed by atoms with E-state index in [1.54, 1.807) is 18.4 Å². The lowest BCUT2D eigenvalue weighted by molar-refractivity contribution is 0.415. The number of fused-ring (bicyclic) bond motifs is 1. The summed E-state index contributed by atoms with van der Waals surface area (Å²) in [7, 11) is 1.67. The second kappa shape index (κ2) is 3.89. The van der Waals surface area contributed by atoms with E-state index in [1.165, 1.54) is 10.4 Å². The summed E-state index contributed by atoms with van der Waals surface area (Å²) < 4.78 is 5.20. The maximum absolute atomic E-state index is 5.20. The molecule has 0 radical (unpaired) electrons. The first kappa shape index (κ1) is 10.4. The Labute approximate surface area is 103 Å². The van der Waals surface area contributed by atoms with Gasteiger partial charge in [-0.3, -0.25) is 0 Å². The Morgan fingerprint density at radius 2 is 2.18 bits per heavy atom. The van der Waals surface area contributed by atoms with E-state index < -0.39 is 0 Å². The zero-order valence-electron chi connectivity index (χ0n) is 9.65. The quantitative estimate of drug-likeness (QED) is 0.747. The predicted molar refractivity (Wildman–Crippen MR) is 70.7 cm³/mol. The molecule has 1 aromatic carbocycles. The fraction of sp³-hybridized carbons (Fsp3) is 0.154. The minimum atomic E-state index is 0.843. The third-order valence-electron chi connectivity index (χ3n) is 2.77. The highest BCUT2D eigenvalue weighted by Crippen LogP contribution is 2.29. The molecule has 0 aliphatic carbocycles. The van der Waals surface area contributed by atoms with Gasteiger partial charge in [0.1, 0.15) is 11.6 Å². The fourth-order valence-corrected chi connectivity index (χ4v) is 2.71. The molecular weight excluding hydrogens is 232 g/mol. The Morgan fingerprint density at radius 3 is 2.88 bits per heavy atom. The molecule has 0 aliphatic rings. The molecule has 2 aromatic heterocycles. The van der Waals surface area contributed by atoms with Crippen molar-refractivity contribution in [2.75, 3.05) is 7.11 Å². The van der Waals surface area contributed by atoms with Crippen LogP contribution in [0.2, 0.25) is 0 Å². The molecule has 0 spiro atoms. The lowest BCUT2D eigenvalue weighted by Crippen LogP contribution is -1.81. The molecule has 3 rings (SSSR count). The summed E-state index contributed by atoms with van der Waals surface area (Å²) in [5.41, 5.74) is 3.22. The van der Waals surface area contributed by atoms with Crippen LogP contribution in [-0.4, -0.2) is 17.1 Å². The first-order chi connectivity index (χ1) is 8.28. The van der Waals surface area contributed by atoms with E-state index in [2.05, 4.69) is 28.3 Å². The van der Waals surface area contributed by atoms with Crippen molar-refractivity contribution in [3.05, 3.63) is 35.2 Å². The molecular formula is C13H12N2OS. The Hall–Kier alpha value is -1.81. The summed E-state index contributed by atoms with van der Waals surface area (Å²) in [5.74, 6) is 1.77. The lowest BCUT2D eigenvalue weighted by Gasteiger charge is -1.96. The maximum atomic E-state index is 5.20. The largest absolute Gasteiger partial charge is 0.497 e. The SMILES string of the molecule is COc1ccc2nc(-c3sccc3C)[nH]c2c1. The van der Waals surface area contributed by atoms with Crippen LogP contribution in [0, 0.1) is 6.92 Å². The van der Waals surface area contributed by atoms with Crippen LogP contribution in [0.5, 0.6) is 5.75 Å². The van der Waals surface area contributed by atoms with E-state index >= 15 is 0 Å². The lowest BCUT2D eigenvalue weighted by atomic mass is 10.3. The molecule has 0 fully saturated rings. The number of thiophene rings is 1. The van der Waals surface area contributed by atoms with Gasteiger partial charge in [-0.1, -0.05) is 0 Å². The first-order valence-electron chi connectivity index (χ1n) is 5.36. The smallest absolute Gasteiger partial charge is 0.148 e. The Balaban J connectivity index is 2.17. The number of aromatic nitrogens is 2. The van der Waals surface area contributed by atoms with Crippen molar-refractivity contribution < 1.29 is 4.74 Å². The summed E-state index contributed by atoms with van der Waals surface area (Å²) >= 11 is 1.70. The summed E-state index contributed by atoms with van der Waals surface area (Å²) in [4.78, 5) is 9.12. The van der Waals surface area contributed by atoms with Crippen molar-refractivity contribution in [2.45, 2.75) is 6.92 Å². The topological polar surface area (TPSA) is 37.9 Å². The monoisotopic (exact) mass is 244 g/mol. The summed E-state index contributed by atoms with van der Waals surface area (Å²) in [5, 5.41) is 2.08. The molecule has 0 atom stereocenters. The zero-order chi connectivity index (χ0) is 11.8. The van der Waals surface area contributed by atoms with Crippen LogP contribution in [0.15, 0.2) is 29.6 Å². The average Bonchev–Trinajstić information content (AvgIpc) is 2.93. The molecule has 0 amide bonds. The van der Waals surface area contributed by atoms with Crippen LogP contribution in [0.25, 0.3) is 21.7 Å². The number of benzene rings is 1. The molecule has 3 nitrogen and oxygen atoms in total. The van der Waals surface area contributed by atoms with Gasteiger partial charge < -0.3 is 9.72 Å². The van der Waals surface area contributed by atoms with Gasteiger partial charge in [-0.25, -0.2) is 4.98 Å². The Morgan fingerprint density at radius 1 is 1.29 bits per heavy atom. The highest BCUT2D eigenvalue weighted by molar-refractivity contribution is 7.13. The third-order valence-corrected chi connectivity index (χ3v) is 3.79. The van der Waals surface area contributed by atoms with E-state index in [4.69, 9.17) is 4.74 Å². The van der Waals surface area contributed by atoms with Crippen LogP contribution in [0.1, 0.15) is 5.56 Å². The van der Waals surface area contributed by atoms with Crippen LogP contribution in [-0.2, 0) is 0 Å². The zero-order valence-corrected chi connectivity index (χ0v) is 10.5. The molecule has 2 heterocycles. The van der Waals surface area contributed by atoms with Crippen molar-refractivity contribution in [3.8, 4) is 16.5 Å². The fourth-order valence-electron chi connectivity index (χ4n) is 1.84. The van der Waals surface area contributed by atoms with Crippen molar-refractivity contribution in [3.63, 3.8) is 0 Å². The molecule has 0 saturated carbocycles. The van der Waals surface area contributed by atoms with E-state index in [9.17, 15) is 0 Å². The molecule has 0 saturated heterocycles. The molecule has 0 unspecified atom stereocenters. The number of hydrogen-bond acceptors (Lipinski definition) is 3. The van der Waals surface area contributed by atoms with Crippen molar-refractivity contribution in [1.29, 1.82) is 0 Å². The number of hydrogen-bond donors (Lipinski definition) is 1. The third kappa shape index (κ3) is 1.70. The highest BCUT2D eigenvalue weighted by atomic mass is 32.1. The Kier molecular flexibility index (Phi) is 2.37. The number of imidazole rings is 1. The van der Waals surface area contributed by atoms with Crippen LogP contribution in [0.4, 0.5) is 0 Å². The standard InChI is InChI=1S/C13H12N2OS/c1-8-5-6-17-12(8)13-14-10-4-3-9(16-2)7-11(10)15-13/h3-7H,1-2H3,(H,14,15). The van der Waals surface area contributed by atoms with Gasteiger partial charge in [0.25, 0.3) is 0 Å². The molecule has 1 N–H and O–H groups in total. The van der Waals surface area contributed by atoms with Gasteiger partial charge in [-0.05, 0) is 36.1 Å². The number of methoxy groups -OCH3 is 1. The molecule has 0 aliphatic heterocycles. The number of aryl methyl sites for hydroxylation is 1. The number of rotatable bonds is 2. The van der Waals surface area contributed by atoms with Gasteiger partial charge in [0.05, 0.1) is 23.0 Å². The van der Waals surface area contributed by atoms with Crippen molar-refractivity contribution in [1.82, 2.24) is 9.97 Å². The number of nitrogens with one attached hydrogen (secondary N) is 1. The summed E-state index contributed by atoms with van der Waals surface area (Å²) in [6, 6.07) is 7.97. The van der Waals surface area contributed by atoms with Crippen LogP contribution < -0.4 is 4.74 Å². The normalized spacial score (nSPS) is 10.9. The molecule has 4 heteroatoms. The van der Waals surface area contributed by atoms with Gasteiger partial charge >= 0.3 is 0 Å². The number of nitrogens with zero attached hydrogens (tertiary/aromatic N) is 1. The average molecular weight is 244 g/mol. The maximum Gasteiger partial charge on any atom is 0.148 e. The molecule has 0 bridgehead atoms. The van der Waals surface area contributed by atoms with E-state index in [1.807, 2.05) is 18.2 Å². The summed E-state index contributed by atoms with van der Waals surface area (Å²) in [6.45, 7) is 2.10. The van der Waals surface area contributed by atoms with Crippen LogP contribution >= 0.6 is 11.3 Å². The van der Waals surface area contributed by atoms with Gasteiger partial charge in [0, 0.05) is 6.07 Å². The van der Waals surface area contributed by atoms with E-state index in [0.29, 0.717) is 0 Å². The second-order valence-electron chi connectivity index (χ2n) is 3.90. The van der Waals surface area contributed by atoms with Gasteiger partial charge in [0.2, 0.25) is 0 Å². The molecule has 17 heavy (non-hydrogen) atoms. The summed E-state index contributed by atoms with van der Waals surface area (Å²) in [6.07, 6.45) is 0. The van der Waals surface area contributed by atoms with E-state index in [0.717, 1.165) is 22.6 Å². The molecule has 86 valence electrons. The van der Waals surface area contributed by atoms with Gasteiger partial charge in [-0.15, -0.1) is 11.3 Å². The minimum Gasteiger partial charge on any atom is -0.497 e. The highest BCUT2D eigenvalue weighted by Gasteiger charge is 2.09. The van der Waals surface area contributed by atoms with E-state index in [-0.39, 0.29) is 0 Å². The second-order valence-corrected chi connectivity index (χ2v) is 4.82. The Bertz CT molecular complexity index is 669. The predicted octanol–water partition coefficient (Wildman–Crippen LogP) is 3.61. The van der Waals surface area contributed by atoms with Crippen molar-refractivity contribution in [2.24, 2.45) is 0 Å². The molecule has 3 aromatic rings. The number of ether oxygens (including phenoxy) is 1.